The third-order valence-electron chi connectivity index (χ3n) is 6.31. The van der Waals surface area contributed by atoms with Gasteiger partial charge in [0.1, 0.15) is 22.7 Å². The second kappa shape index (κ2) is 11.0. The molecular formula is C33H25AlN2O3. The molecule has 0 bridgehead atoms. The smallest absolute Gasteiger partial charge is 0.577 e. The summed E-state index contributed by atoms with van der Waals surface area (Å²) in [5.41, 5.74) is 9.58. The van der Waals surface area contributed by atoms with Gasteiger partial charge in [0.25, 0.3) is 0 Å². The van der Waals surface area contributed by atoms with E-state index < -0.39 is 15.1 Å². The molecule has 0 unspecified atom stereocenters. The van der Waals surface area contributed by atoms with Crippen molar-refractivity contribution in [2.45, 2.75) is 13.8 Å². The molecule has 0 radical (unpaired) electrons. The van der Waals surface area contributed by atoms with Gasteiger partial charge in [0.05, 0.1) is 5.75 Å². The van der Waals surface area contributed by atoms with E-state index in [-0.39, 0.29) is 0 Å². The molecule has 1 aliphatic heterocycles. The third-order valence-corrected chi connectivity index (χ3v) is 7.67. The van der Waals surface area contributed by atoms with Gasteiger partial charge in [0.2, 0.25) is 0 Å². The number of hydrogen-bond donors (Lipinski definition) is 0. The molecular weight excluding hydrogens is 499 g/mol. The first kappa shape index (κ1) is 24.7. The summed E-state index contributed by atoms with van der Waals surface area (Å²) in [6.07, 6.45) is 3.75. The summed E-state index contributed by atoms with van der Waals surface area (Å²) in [4.78, 5) is 9.48. The summed E-state index contributed by atoms with van der Waals surface area (Å²) in [5, 5.41) is 0.989. The fourth-order valence-corrected chi connectivity index (χ4v) is 5.71. The van der Waals surface area contributed by atoms with Gasteiger partial charge in [0, 0.05) is 28.4 Å². The Hall–Kier alpha value is -4.59. The molecule has 0 spiro atoms. The van der Waals surface area contributed by atoms with Crippen molar-refractivity contribution in [3.8, 4) is 28.4 Å². The van der Waals surface area contributed by atoms with E-state index in [1.807, 2.05) is 117 Å². The first-order valence-corrected chi connectivity index (χ1v) is 14.2. The van der Waals surface area contributed by atoms with Crippen LogP contribution >= 0.6 is 0 Å². The number of benzene rings is 4. The van der Waals surface area contributed by atoms with Crippen LogP contribution in [0.3, 0.4) is 0 Å². The quantitative estimate of drug-likeness (QED) is 0.160. The van der Waals surface area contributed by atoms with Crippen molar-refractivity contribution in [3.05, 3.63) is 126 Å². The molecule has 0 amide bonds. The predicted octanol–water partition coefficient (Wildman–Crippen LogP) is 8.01. The number of para-hydroxylation sites is 2. The topological polar surface area (TPSA) is 52.9 Å². The molecule has 6 rings (SSSR count). The van der Waals surface area contributed by atoms with E-state index >= 15 is 0 Å². The third kappa shape index (κ3) is 5.65. The summed E-state index contributed by atoms with van der Waals surface area (Å²) in [6.45, 7) is 3.90. The van der Waals surface area contributed by atoms with Crippen molar-refractivity contribution >= 4 is 43.5 Å². The molecule has 5 aromatic rings. The lowest BCUT2D eigenvalue weighted by molar-refractivity contribution is 0.309. The highest BCUT2D eigenvalue weighted by Gasteiger charge is 2.45. The molecule has 0 atom stereocenters. The van der Waals surface area contributed by atoms with Crippen LogP contribution in [-0.4, -0.2) is 25.8 Å². The van der Waals surface area contributed by atoms with Crippen LogP contribution in [0.5, 0.6) is 17.2 Å². The van der Waals surface area contributed by atoms with Gasteiger partial charge in [0.15, 0.2) is 0 Å². The molecule has 1 aliphatic rings. The van der Waals surface area contributed by atoms with Gasteiger partial charge in [-0.3, -0.25) is 0 Å². The number of nitrogens with zero attached hydrogens (tertiary/aromatic N) is 2. The van der Waals surface area contributed by atoms with E-state index in [0.717, 1.165) is 44.7 Å². The van der Waals surface area contributed by atoms with E-state index in [2.05, 4.69) is 17.9 Å². The molecule has 0 saturated carbocycles. The average Bonchev–Trinajstić information content (AvgIpc) is 3.15. The Bertz CT molecular complexity index is 1740. The number of hydrogen-bond acceptors (Lipinski definition) is 5. The minimum absolute atomic E-state index is 0.599. The number of aliphatic imine (C=N–C) groups is 1. The van der Waals surface area contributed by atoms with Crippen LogP contribution in [0.1, 0.15) is 18.2 Å². The van der Waals surface area contributed by atoms with Crippen molar-refractivity contribution in [2.75, 3.05) is 0 Å². The first-order valence-electron chi connectivity index (χ1n) is 12.7. The predicted molar refractivity (Wildman–Crippen MR) is 158 cm³/mol. The van der Waals surface area contributed by atoms with Gasteiger partial charge in [-0.1, -0.05) is 72.8 Å². The van der Waals surface area contributed by atoms with Gasteiger partial charge in [-0.15, -0.1) is 5.73 Å². The Morgan fingerprint density at radius 1 is 0.641 bits per heavy atom. The molecule has 5 nitrogen and oxygen atoms in total. The van der Waals surface area contributed by atoms with Gasteiger partial charge >= 0.3 is 15.1 Å². The number of aryl methyl sites for hydroxylation is 1. The van der Waals surface area contributed by atoms with Gasteiger partial charge in [-0.2, -0.15) is 0 Å². The largest absolute Gasteiger partial charge is 1.20 e. The molecule has 0 fully saturated rings. The lowest BCUT2D eigenvalue weighted by atomic mass is 10.1. The molecule has 39 heavy (non-hydrogen) atoms. The van der Waals surface area contributed by atoms with Gasteiger partial charge < -0.3 is 11.4 Å². The van der Waals surface area contributed by atoms with Crippen LogP contribution in [0.4, 0.5) is 5.69 Å². The molecule has 1 aromatic heterocycles. The van der Waals surface area contributed by atoms with Gasteiger partial charge in [-0.25, -0.2) is 9.98 Å². The maximum Gasteiger partial charge on any atom is 1.20 e. The monoisotopic (exact) mass is 524 g/mol. The lowest BCUT2D eigenvalue weighted by Gasteiger charge is -2.19. The van der Waals surface area contributed by atoms with E-state index in [1.165, 1.54) is 0 Å². The highest BCUT2D eigenvalue weighted by atomic mass is 27.3. The van der Waals surface area contributed by atoms with Crippen LogP contribution in [0.15, 0.2) is 120 Å². The van der Waals surface area contributed by atoms with E-state index in [4.69, 9.17) is 21.3 Å². The van der Waals surface area contributed by atoms with E-state index in [9.17, 15) is 0 Å². The van der Waals surface area contributed by atoms with Crippen LogP contribution in [0.2, 0.25) is 0 Å². The van der Waals surface area contributed by atoms with Crippen LogP contribution in [-0.2, 0) is 0 Å². The second-order valence-electron chi connectivity index (χ2n) is 9.22. The molecule has 6 heteroatoms. The Morgan fingerprint density at radius 3 is 2.23 bits per heavy atom. The van der Waals surface area contributed by atoms with Crippen molar-refractivity contribution in [3.63, 3.8) is 0 Å². The average molecular weight is 525 g/mol. The maximum absolute atomic E-state index is 6.52. The molecule has 2 heterocycles. The number of aromatic nitrogens is 1. The summed E-state index contributed by atoms with van der Waals surface area (Å²) < 4.78 is 19.4. The zero-order valence-corrected chi connectivity index (χ0v) is 22.8. The summed E-state index contributed by atoms with van der Waals surface area (Å²) in [6, 6.07) is 33.9. The number of rotatable bonds is 7. The number of allylic oxidation sites excluding steroid dienone is 1. The summed E-state index contributed by atoms with van der Waals surface area (Å²) in [7, 11) is 0. The maximum atomic E-state index is 6.52. The highest BCUT2D eigenvalue weighted by Crippen LogP contribution is 2.35. The standard InChI is InChI=1S/C12H10O.C11H9NO.C10H9NO.Al/c13-12-8-6-11(7-9-12)10-4-2-1-3-5-10;1-8-4-2-5-9-6-3-7-10(13)11(9)12-8;1-7-5-6-8-3-2-4-9(12)10(8)11-7;/h1-9,13H;3-7,13H,1H3;2-6,12H,1H3;/q;;;+3/p-3. The minimum atomic E-state index is -2.86. The van der Waals surface area contributed by atoms with E-state index in [0.29, 0.717) is 17.2 Å². The van der Waals surface area contributed by atoms with Crippen molar-refractivity contribution in [1.82, 2.24) is 4.98 Å². The van der Waals surface area contributed by atoms with Crippen molar-refractivity contribution < 1.29 is 11.4 Å². The Kier molecular flexibility index (Phi) is 6.99. The SMILES string of the molecule is CC1=Nc2c(cccc2[O][Al]([O]c2ccc(-c3ccccc3)cc2)[O]c2cccc3ccc(C)nc23)C=C=C1. The van der Waals surface area contributed by atoms with Gasteiger partial charge in [-0.05, 0) is 61.4 Å². The zero-order valence-electron chi connectivity index (χ0n) is 21.7. The van der Waals surface area contributed by atoms with E-state index in [1.54, 1.807) is 0 Å². The fraction of sp³-hybridized carbons (Fsp3) is 0.0606. The number of fused-ring (bicyclic) bond motifs is 2. The Balaban J connectivity index is 1.35. The molecule has 4 aromatic carbocycles. The van der Waals surface area contributed by atoms with Crippen molar-refractivity contribution in [2.24, 2.45) is 4.99 Å². The zero-order chi connectivity index (χ0) is 26.6. The highest BCUT2D eigenvalue weighted by molar-refractivity contribution is 6.40. The van der Waals surface area contributed by atoms with Crippen LogP contribution in [0.25, 0.3) is 28.1 Å². The molecule has 0 saturated heterocycles. The Labute approximate surface area is 232 Å². The second-order valence-corrected chi connectivity index (χ2v) is 10.5. The van der Waals surface area contributed by atoms with Crippen LogP contribution in [0, 0.1) is 6.92 Å². The summed E-state index contributed by atoms with van der Waals surface area (Å²) >= 11 is -2.86. The van der Waals surface area contributed by atoms with Crippen molar-refractivity contribution in [1.29, 1.82) is 0 Å². The molecule has 188 valence electrons. The first-order chi connectivity index (χ1) is 19.1. The Morgan fingerprint density at radius 2 is 1.38 bits per heavy atom. The minimum Gasteiger partial charge on any atom is -0.577 e. The van der Waals surface area contributed by atoms with Crippen LogP contribution < -0.4 is 11.4 Å². The fourth-order valence-electron chi connectivity index (χ4n) is 4.39. The molecule has 0 aliphatic carbocycles. The normalized spacial score (nSPS) is 11.9. The number of pyridine rings is 1. The molecule has 0 N–H and O–H groups in total. The summed E-state index contributed by atoms with van der Waals surface area (Å²) in [5.74, 6) is 1.89. The lowest BCUT2D eigenvalue weighted by Crippen LogP contribution is -2.37.